The second-order valence-corrected chi connectivity index (χ2v) is 5.46. The van der Waals surface area contributed by atoms with Crippen molar-refractivity contribution in [1.82, 2.24) is 9.97 Å². The summed E-state index contributed by atoms with van der Waals surface area (Å²) in [5.41, 5.74) is 6.68. The van der Waals surface area contributed by atoms with Gasteiger partial charge in [0.25, 0.3) is 0 Å². The van der Waals surface area contributed by atoms with E-state index < -0.39 is 0 Å². The molecule has 18 heavy (non-hydrogen) atoms. The molecule has 0 fully saturated rings. The van der Waals surface area contributed by atoms with E-state index in [4.69, 9.17) is 5.73 Å². The minimum Gasteiger partial charge on any atom is -0.383 e. The fraction of sp³-hybridized carbons (Fsp3) is 0. The number of nitrogen functional groups attached to an aromatic ring is 1. The van der Waals surface area contributed by atoms with Crippen molar-refractivity contribution in [3.8, 4) is 0 Å². The minimum absolute atomic E-state index is 0.420. The van der Waals surface area contributed by atoms with Crippen LogP contribution < -0.4 is 11.1 Å². The molecule has 3 N–H and O–H groups in total. The fourth-order valence-electron chi connectivity index (χ4n) is 1.65. The molecule has 0 amide bonds. The zero-order valence-electron chi connectivity index (χ0n) is 9.22. The summed E-state index contributed by atoms with van der Waals surface area (Å²) in [6.45, 7) is 0. The number of nitrogens with two attached hydrogens (primary N) is 1. The van der Waals surface area contributed by atoms with Crippen LogP contribution >= 0.6 is 27.3 Å². The summed E-state index contributed by atoms with van der Waals surface area (Å²) in [6, 6.07) is 8.27. The summed E-state index contributed by atoms with van der Waals surface area (Å²) in [5.74, 6) is 1.08. The van der Waals surface area contributed by atoms with E-state index in [1.165, 1.54) is 16.4 Å². The van der Waals surface area contributed by atoms with Crippen LogP contribution in [0.25, 0.3) is 10.1 Å². The lowest BCUT2D eigenvalue weighted by atomic mass is 10.2. The minimum atomic E-state index is 0.420. The number of nitrogens with zero attached hydrogens (tertiary/aromatic N) is 2. The Balaban J connectivity index is 1.98. The van der Waals surface area contributed by atoms with Gasteiger partial charge in [0, 0.05) is 10.4 Å². The van der Waals surface area contributed by atoms with Gasteiger partial charge in [-0.2, -0.15) is 0 Å². The first-order valence-electron chi connectivity index (χ1n) is 5.24. The van der Waals surface area contributed by atoms with E-state index >= 15 is 0 Å². The fourth-order valence-corrected chi connectivity index (χ4v) is 2.73. The smallest absolute Gasteiger partial charge is 0.150 e. The molecule has 0 aliphatic rings. The van der Waals surface area contributed by atoms with Gasteiger partial charge in [-0.15, -0.1) is 11.3 Å². The third-order valence-corrected chi connectivity index (χ3v) is 4.21. The van der Waals surface area contributed by atoms with Crippen molar-refractivity contribution in [3.05, 3.63) is 40.4 Å². The number of anilines is 3. The van der Waals surface area contributed by atoms with Crippen LogP contribution in [0.15, 0.2) is 40.4 Å². The van der Waals surface area contributed by atoms with Gasteiger partial charge in [0.2, 0.25) is 0 Å². The molecule has 0 aliphatic carbocycles. The van der Waals surface area contributed by atoms with E-state index in [0.717, 1.165) is 5.69 Å². The quantitative estimate of drug-likeness (QED) is 0.754. The van der Waals surface area contributed by atoms with Crippen LogP contribution in [0.4, 0.5) is 17.3 Å². The molecule has 4 nitrogen and oxygen atoms in total. The van der Waals surface area contributed by atoms with Crippen molar-refractivity contribution in [2.75, 3.05) is 11.1 Å². The second-order valence-electron chi connectivity index (χ2n) is 3.72. The highest BCUT2D eigenvalue weighted by Crippen LogP contribution is 2.29. The molecule has 90 valence electrons. The molecule has 0 unspecified atom stereocenters. The Hall–Kier alpha value is -1.66. The molecule has 6 heteroatoms. The van der Waals surface area contributed by atoms with Gasteiger partial charge in [0.15, 0.2) is 0 Å². The first-order chi connectivity index (χ1) is 8.74. The van der Waals surface area contributed by atoms with Gasteiger partial charge in [-0.3, -0.25) is 0 Å². The van der Waals surface area contributed by atoms with Crippen LogP contribution in [0.3, 0.4) is 0 Å². The number of thiophene rings is 1. The van der Waals surface area contributed by atoms with Gasteiger partial charge in [0.05, 0.1) is 0 Å². The third-order valence-electron chi connectivity index (χ3n) is 2.53. The Labute approximate surface area is 116 Å². The maximum atomic E-state index is 5.71. The van der Waals surface area contributed by atoms with Crippen LogP contribution in [-0.2, 0) is 0 Å². The molecular formula is C12H9BrN4S. The molecule has 2 aromatic heterocycles. The Morgan fingerprint density at radius 1 is 1.22 bits per heavy atom. The van der Waals surface area contributed by atoms with Gasteiger partial charge in [0.1, 0.15) is 22.4 Å². The molecule has 3 rings (SSSR count). The molecule has 3 aromatic rings. The van der Waals surface area contributed by atoms with Crippen molar-refractivity contribution in [2.24, 2.45) is 0 Å². The maximum absolute atomic E-state index is 5.71. The van der Waals surface area contributed by atoms with Gasteiger partial charge < -0.3 is 11.1 Å². The Bertz CT molecular complexity index is 710. The maximum Gasteiger partial charge on any atom is 0.150 e. The zero-order chi connectivity index (χ0) is 12.5. The van der Waals surface area contributed by atoms with Gasteiger partial charge in [-0.05, 0) is 51.0 Å². The summed E-state index contributed by atoms with van der Waals surface area (Å²) >= 11 is 5.09. The molecule has 2 heterocycles. The topological polar surface area (TPSA) is 63.8 Å². The molecule has 0 atom stereocenters. The highest BCUT2D eigenvalue weighted by atomic mass is 79.9. The lowest BCUT2D eigenvalue weighted by Gasteiger charge is -2.08. The summed E-state index contributed by atoms with van der Waals surface area (Å²) in [5, 5.41) is 6.51. The molecule has 0 saturated heterocycles. The number of rotatable bonds is 2. The van der Waals surface area contributed by atoms with Crippen molar-refractivity contribution >= 4 is 54.7 Å². The van der Waals surface area contributed by atoms with Crippen molar-refractivity contribution in [3.63, 3.8) is 0 Å². The number of nitrogens with one attached hydrogen (secondary N) is 1. The average molecular weight is 321 g/mol. The first kappa shape index (κ1) is 11.4. The van der Waals surface area contributed by atoms with E-state index in [0.29, 0.717) is 16.1 Å². The van der Waals surface area contributed by atoms with Crippen LogP contribution in [0, 0.1) is 0 Å². The highest BCUT2D eigenvalue weighted by Gasteiger charge is 2.06. The van der Waals surface area contributed by atoms with Gasteiger partial charge in [-0.1, -0.05) is 0 Å². The number of aromatic nitrogens is 2. The molecular weight excluding hydrogens is 312 g/mol. The molecule has 0 aliphatic heterocycles. The largest absolute Gasteiger partial charge is 0.383 e. The summed E-state index contributed by atoms with van der Waals surface area (Å²) in [6.07, 6.45) is 1.44. The third kappa shape index (κ3) is 2.04. The van der Waals surface area contributed by atoms with Crippen LogP contribution in [-0.4, -0.2) is 9.97 Å². The summed E-state index contributed by atoms with van der Waals surface area (Å²) in [7, 11) is 0. The standard InChI is InChI=1S/C12H9BrN4S/c13-10-11(14)15-6-16-12(10)17-8-1-2-9-7(5-8)3-4-18-9/h1-6H,(H3,14,15,16,17). The predicted molar refractivity (Wildman–Crippen MR) is 79.3 cm³/mol. The Morgan fingerprint density at radius 3 is 3.00 bits per heavy atom. The summed E-state index contributed by atoms with van der Waals surface area (Å²) < 4.78 is 1.94. The lowest BCUT2D eigenvalue weighted by molar-refractivity contribution is 1.16. The van der Waals surface area contributed by atoms with Crippen LogP contribution in [0.5, 0.6) is 0 Å². The number of fused-ring (bicyclic) bond motifs is 1. The Kier molecular flexibility index (Phi) is 2.89. The molecule has 1 aromatic carbocycles. The van der Waals surface area contributed by atoms with E-state index in [-0.39, 0.29) is 0 Å². The second kappa shape index (κ2) is 4.55. The lowest BCUT2D eigenvalue weighted by Crippen LogP contribution is -1.99. The number of hydrogen-bond donors (Lipinski definition) is 2. The normalized spacial score (nSPS) is 10.7. The highest BCUT2D eigenvalue weighted by molar-refractivity contribution is 9.10. The van der Waals surface area contributed by atoms with E-state index in [2.05, 4.69) is 54.8 Å². The number of benzene rings is 1. The number of hydrogen-bond acceptors (Lipinski definition) is 5. The van der Waals surface area contributed by atoms with Gasteiger partial charge >= 0.3 is 0 Å². The first-order valence-corrected chi connectivity index (χ1v) is 6.91. The van der Waals surface area contributed by atoms with Crippen LogP contribution in [0.2, 0.25) is 0 Å². The van der Waals surface area contributed by atoms with Crippen molar-refractivity contribution < 1.29 is 0 Å². The van der Waals surface area contributed by atoms with Crippen LogP contribution in [0.1, 0.15) is 0 Å². The van der Waals surface area contributed by atoms with E-state index in [9.17, 15) is 0 Å². The van der Waals surface area contributed by atoms with Crippen molar-refractivity contribution in [2.45, 2.75) is 0 Å². The number of halogens is 1. The van der Waals surface area contributed by atoms with Crippen molar-refractivity contribution in [1.29, 1.82) is 0 Å². The van der Waals surface area contributed by atoms with E-state index in [1.54, 1.807) is 11.3 Å². The summed E-state index contributed by atoms with van der Waals surface area (Å²) in [4.78, 5) is 8.06. The SMILES string of the molecule is Nc1ncnc(Nc2ccc3sccc3c2)c1Br. The average Bonchev–Trinajstić information content (AvgIpc) is 2.82. The monoisotopic (exact) mass is 320 g/mol. The van der Waals surface area contributed by atoms with E-state index in [1.807, 2.05) is 6.07 Å². The van der Waals surface area contributed by atoms with Gasteiger partial charge in [-0.25, -0.2) is 9.97 Å². The predicted octanol–water partition coefficient (Wildman–Crippen LogP) is 3.78. The Morgan fingerprint density at radius 2 is 2.11 bits per heavy atom. The zero-order valence-corrected chi connectivity index (χ0v) is 11.6. The molecule has 0 bridgehead atoms. The molecule has 0 saturated carbocycles. The molecule has 0 spiro atoms. The molecule has 0 radical (unpaired) electrons.